The highest BCUT2D eigenvalue weighted by molar-refractivity contribution is 5.39. The number of halogens is 1. The second-order valence-corrected chi connectivity index (χ2v) is 6.73. The normalized spacial score (nSPS) is 37.0. The third-order valence-corrected chi connectivity index (χ3v) is 5.01. The fourth-order valence-corrected chi connectivity index (χ4v) is 4.01. The first-order valence-electron chi connectivity index (χ1n) is 7.56. The van der Waals surface area contributed by atoms with Gasteiger partial charge in [-0.3, -0.25) is 4.90 Å². The Kier molecular flexibility index (Phi) is 2.63. The highest BCUT2D eigenvalue weighted by Crippen LogP contribution is 2.47. The molecule has 1 saturated heterocycles. The number of hydrogen-bond acceptors (Lipinski definition) is 3. The van der Waals surface area contributed by atoms with Crippen molar-refractivity contribution in [3.05, 3.63) is 29.6 Å². The molecule has 3 nitrogen and oxygen atoms in total. The topological polar surface area (TPSA) is 38.5 Å². The van der Waals surface area contributed by atoms with E-state index in [-0.39, 0.29) is 17.5 Å². The fourth-order valence-electron chi connectivity index (χ4n) is 4.01. The second kappa shape index (κ2) is 4.18. The van der Waals surface area contributed by atoms with Crippen molar-refractivity contribution in [3.63, 3.8) is 0 Å². The van der Waals surface area contributed by atoms with Crippen LogP contribution in [0.4, 0.5) is 4.39 Å². The maximum atomic E-state index is 13.5. The quantitative estimate of drug-likeness (QED) is 0.857. The van der Waals surface area contributed by atoms with E-state index >= 15 is 0 Å². The van der Waals surface area contributed by atoms with E-state index in [0.29, 0.717) is 11.8 Å². The smallest absolute Gasteiger partial charge is 0.127 e. The predicted molar refractivity (Wildman–Crippen MR) is 75.1 cm³/mol. The van der Waals surface area contributed by atoms with Crippen molar-refractivity contribution in [2.24, 2.45) is 5.73 Å². The van der Waals surface area contributed by atoms with Crippen LogP contribution < -0.4 is 10.5 Å². The maximum absolute atomic E-state index is 13.5. The number of fused-ring (bicyclic) bond motifs is 1. The van der Waals surface area contributed by atoms with Gasteiger partial charge in [0, 0.05) is 49.1 Å². The molecule has 20 heavy (non-hydrogen) atoms. The molecular weight excluding hydrogens is 255 g/mol. The van der Waals surface area contributed by atoms with Crippen LogP contribution in [-0.4, -0.2) is 29.1 Å². The Bertz CT molecular complexity index is 545. The zero-order chi connectivity index (χ0) is 13.9. The van der Waals surface area contributed by atoms with Gasteiger partial charge in [0.15, 0.2) is 0 Å². The molecule has 0 radical (unpaired) electrons. The van der Waals surface area contributed by atoms with E-state index in [1.165, 1.54) is 25.0 Å². The van der Waals surface area contributed by atoms with Crippen LogP contribution in [0.25, 0.3) is 0 Å². The van der Waals surface area contributed by atoms with Crippen LogP contribution in [0.3, 0.4) is 0 Å². The van der Waals surface area contributed by atoms with Crippen molar-refractivity contribution in [2.75, 3.05) is 6.54 Å². The number of benzene rings is 1. The molecule has 2 heterocycles. The molecule has 4 rings (SSSR count). The van der Waals surface area contributed by atoms with Gasteiger partial charge in [-0.15, -0.1) is 0 Å². The van der Waals surface area contributed by atoms with Gasteiger partial charge < -0.3 is 10.5 Å². The lowest BCUT2D eigenvalue weighted by Gasteiger charge is -2.38. The van der Waals surface area contributed by atoms with Gasteiger partial charge in [-0.25, -0.2) is 4.39 Å². The molecule has 0 bridgehead atoms. The zero-order valence-corrected chi connectivity index (χ0v) is 11.8. The Balaban J connectivity index is 1.65. The van der Waals surface area contributed by atoms with Gasteiger partial charge in [-0.2, -0.15) is 0 Å². The van der Waals surface area contributed by atoms with Crippen LogP contribution in [0.15, 0.2) is 18.2 Å². The van der Waals surface area contributed by atoms with Crippen molar-refractivity contribution in [1.29, 1.82) is 0 Å². The summed E-state index contributed by atoms with van der Waals surface area (Å²) in [5.41, 5.74) is 7.03. The summed E-state index contributed by atoms with van der Waals surface area (Å²) in [6, 6.07) is 5.93. The summed E-state index contributed by atoms with van der Waals surface area (Å²) in [6.07, 6.45) is 4.43. The van der Waals surface area contributed by atoms with Crippen molar-refractivity contribution in [3.8, 4) is 5.75 Å². The van der Waals surface area contributed by atoms with Crippen LogP contribution in [0.1, 0.15) is 44.2 Å². The number of likely N-dealkylation sites (tertiary alicyclic amines) is 1. The Morgan fingerprint density at radius 2 is 2.15 bits per heavy atom. The van der Waals surface area contributed by atoms with E-state index < -0.39 is 0 Å². The summed E-state index contributed by atoms with van der Waals surface area (Å²) in [6.45, 7) is 3.20. The fraction of sp³-hybridized carbons (Fsp3) is 0.625. The molecule has 0 aromatic heterocycles. The Labute approximate surface area is 118 Å². The number of nitrogens with zero attached hydrogens (tertiary/aromatic N) is 1. The molecule has 4 heteroatoms. The largest absolute Gasteiger partial charge is 0.485 e. The summed E-state index contributed by atoms with van der Waals surface area (Å²) >= 11 is 0. The number of ether oxygens (including phenoxy) is 1. The molecular formula is C16H21FN2O. The summed E-state index contributed by atoms with van der Waals surface area (Å²) in [5.74, 6) is 0.395. The lowest BCUT2D eigenvalue weighted by molar-refractivity contribution is 0.0429. The Morgan fingerprint density at radius 1 is 1.35 bits per heavy atom. The first kappa shape index (κ1) is 12.6. The Morgan fingerprint density at radius 3 is 2.90 bits per heavy atom. The van der Waals surface area contributed by atoms with Crippen molar-refractivity contribution in [1.82, 2.24) is 4.90 Å². The standard InChI is InChI=1S/C16H21FN2O/c1-10-7-16(9-19(10)12-3-4-12)8-14(18)13-5-2-11(17)6-15(13)20-16/h2,5-6,10,12,14H,3-4,7-9,18H2,1H3. The second-order valence-electron chi connectivity index (χ2n) is 6.73. The molecule has 1 aliphatic carbocycles. The molecule has 1 aromatic rings. The first-order chi connectivity index (χ1) is 9.56. The summed E-state index contributed by atoms with van der Waals surface area (Å²) in [5, 5.41) is 0. The van der Waals surface area contributed by atoms with E-state index in [2.05, 4.69) is 11.8 Å². The van der Waals surface area contributed by atoms with Crippen molar-refractivity contribution < 1.29 is 9.13 Å². The molecule has 1 saturated carbocycles. The summed E-state index contributed by atoms with van der Waals surface area (Å²) in [4.78, 5) is 2.55. The zero-order valence-electron chi connectivity index (χ0n) is 11.8. The van der Waals surface area contributed by atoms with Gasteiger partial charge >= 0.3 is 0 Å². The van der Waals surface area contributed by atoms with Gasteiger partial charge in [0.1, 0.15) is 17.2 Å². The molecule has 108 valence electrons. The minimum atomic E-state index is -0.252. The molecule has 2 N–H and O–H groups in total. The Hall–Kier alpha value is -1.13. The van der Waals surface area contributed by atoms with E-state index in [1.54, 1.807) is 6.07 Å². The van der Waals surface area contributed by atoms with Gasteiger partial charge in [0.2, 0.25) is 0 Å². The highest BCUT2D eigenvalue weighted by atomic mass is 19.1. The monoisotopic (exact) mass is 276 g/mol. The molecule has 3 atom stereocenters. The van der Waals surface area contributed by atoms with E-state index in [0.717, 1.165) is 31.0 Å². The minimum absolute atomic E-state index is 0.0503. The summed E-state index contributed by atoms with van der Waals surface area (Å²) < 4.78 is 19.7. The van der Waals surface area contributed by atoms with E-state index in [1.807, 2.05) is 0 Å². The van der Waals surface area contributed by atoms with Crippen LogP contribution in [0, 0.1) is 5.82 Å². The van der Waals surface area contributed by atoms with E-state index in [4.69, 9.17) is 10.5 Å². The molecule has 3 unspecified atom stereocenters. The first-order valence-corrected chi connectivity index (χ1v) is 7.56. The van der Waals surface area contributed by atoms with Crippen LogP contribution in [0.5, 0.6) is 5.75 Å². The maximum Gasteiger partial charge on any atom is 0.127 e. The number of nitrogens with two attached hydrogens (primary N) is 1. The van der Waals surface area contributed by atoms with Gasteiger partial charge in [0.05, 0.1) is 0 Å². The van der Waals surface area contributed by atoms with Crippen molar-refractivity contribution >= 4 is 0 Å². The summed E-state index contributed by atoms with van der Waals surface area (Å²) in [7, 11) is 0. The molecule has 2 fully saturated rings. The van der Waals surface area contributed by atoms with Crippen LogP contribution >= 0.6 is 0 Å². The highest BCUT2D eigenvalue weighted by Gasteiger charge is 2.51. The lowest BCUT2D eigenvalue weighted by atomic mass is 9.86. The molecule has 1 aromatic carbocycles. The van der Waals surface area contributed by atoms with Gasteiger partial charge in [0.25, 0.3) is 0 Å². The molecule has 0 amide bonds. The molecule has 3 aliphatic rings. The van der Waals surface area contributed by atoms with E-state index in [9.17, 15) is 4.39 Å². The minimum Gasteiger partial charge on any atom is -0.485 e. The lowest BCUT2D eigenvalue weighted by Crippen LogP contribution is -2.45. The van der Waals surface area contributed by atoms with Gasteiger partial charge in [-0.05, 0) is 25.8 Å². The third kappa shape index (κ3) is 1.93. The van der Waals surface area contributed by atoms with Crippen molar-refractivity contribution in [2.45, 2.75) is 56.3 Å². The van der Waals surface area contributed by atoms with Gasteiger partial charge in [-0.1, -0.05) is 6.07 Å². The molecule has 2 aliphatic heterocycles. The SMILES string of the molecule is CC1CC2(CC(N)c3ccc(F)cc3O2)CN1C1CC1. The third-order valence-electron chi connectivity index (χ3n) is 5.01. The van der Waals surface area contributed by atoms with Crippen LogP contribution in [-0.2, 0) is 0 Å². The van der Waals surface area contributed by atoms with Crippen LogP contribution in [0.2, 0.25) is 0 Å². The number of hydrogen-bond donors (Lipinski definition) is 1. The average Bonchev–Trinajstić information content (AvgIpc) is 3.15. The predicted octanol–water partition coefficient (Wildman–Crippen LogP) is 2.60. The molecule has 1 spiro atoms. The average molecular weight is 276 g/mol. The number of rotatable bonds is 1.